The molecule has 2 aromatic heterocycles. The third kappa shape index (κ3) is 6.27. The standard InChI is InChI=1S/C45H41Cl2N7O10/c1-50-33-22-37(64-5)36(63-4)21-31(33)48-30(41(50)57)16-17-51-43(59)52-18-15-26-32(54(52)44(51)60)20-27-40(56)53(49-29-14-11-24(46)19-28(29)47)42(58)45(27,23-9-12-25(61-2)13-10-23)39(26)38-34(55)7-6-8-35(38)62-3/h6-15,19,21-22,27,32,39,49,55H,16-18,20H2,1-5H3/t27-,32+,39+,45+/m0/s1. The fraction of sp³-hybridized carbons (Fsp3) is 0.289. The molecule has 19 heteroatoms. The second-order valence-electron chi connectivity index (χ2n) is 15.7. The van der Waals surface area contributed by atoms with E-state index in [9.17, 15) is 19.5 Å². The quantitative estimate of drug-likeness (QED) is 0.131. The summed E-state index contributed by atoms with van der Waals surface area (Å²) in [6.45, 7) is -0.314. The van der Waals surface area contributed by atoms with Crippen molar-refractivity contribution in [2.75, 3.05) is 33.9 Å². The summed E-state index contributed by atoms with van der Waals surface area (Å²) < 4.78 is 27.2. The minimum Gasteiger partial charge on any atom is -0.508 e. The average molecular weight is 911 g/mol. The first-order valence-electron chi connectivity index (χ1n) is 20.1. The highest BCUT2D eigenvalue weighted by atomic mass is 35.5. The van der Waals surface area contributed by atoms with Crippen molar-refractivity contribution < 1.29 is 33.6 Å². The maximum absolute atomic E-state index is 15.6. The van der Waals surface area contributed by atoms with Crippen molar-refractivity contribution in [3.05, 3.63) is 143 Å². The van der Waals surface area contributed by atoms with E-state index in [1.165, 1.54) is 60.6 Å². The third-order valence-corrected chi connectivity index (χ3v) is 13.2. The summed E-state index contributed by atoms with van der Waals surface area (Å²) in [6, 6.07) is 18.3. The molecule has 0 spiro atoms. The number of carbonyl (C=O) groups excluding carboxylic acids is 2. The van der Waals surface area contributed by atoms with Gasteiger partial charge in [0.25, 0.3) is 17.4 Å². The van der Waals surface area contributed by atoms with Crippen molar-refractivity contribution in [2.45, 2.75) is 43.3 Å². The lowest BCUT2D eigenvalue weighted by molar-refractivity contribution is -0.138. The van der Waals surface area contributed by atoms with Crippen LogP contribution < -0.4 is 41.3 Å². The van der Waals surface area contributed by atoms with E-state index in [-0.39, 0.29) is 59.4 Å². The molecule has 17 nitrogen and oxygen atoms in total. The van der Waals surface area contributed by atoms with Crippen molar-refractivity contribution in [1.29, 1.82) is 0 Å². The zero-order chi connectivity index (χ0) is 45.4. The van der Waals surface area contributed by atoms with Crippen molar-refractivity contribution in [3.8, 4) is 28.7 Å². The number of carbonyl (C=O) groups is 2. The number of nitrogens with one attached hydrogen (secondary N) is 1. The van der Waals surface area contributed by atoms with Crippen LogP contribution in [0.2, 0.25) is 10.0 Å². The number of methoxy groups -OCH3 is 4. The fourth-order valence-electron chi connectivity index (χ4n) is 9.75. The number of allylic oxidation sites excluding steroid dienone is 2. The van der Waals surface area contributed by atoms with Crippen molar-refractivity contribution in [1.82, 2.24) is 28.5 Å². The predicted octanol–water partition coefficient (Wildman–Crippen LogP) is 4.97. The number of imide groups is 1. The number of aromatic nitrogens is 5. The molecule has 0 radical (unpaired) electrons. The lowest BCUT2D eigenvalue weighted by Gasteiger charge is -2.49. The zero-order valence-corrected chi connectivity index (χ0v) is 36.6. The van der Waals surface area contributed by atoms with Gasteiger partial charge in [-0.05, 0) is 60.0 Å². The van der Waals surface area contributed by atoms with Gasteiger partial charge in [0, 0.05) is 48.6 Å². The van der Waals surface area contributed by atoms with Gasteiger partial charge in [-0.3, -0.25) is 19.8 Å². The maximum Gasteiger partial charge on any atom is 0.347 e. The van der Waals surface area contributed by atoms with E-state index in [4.69, 9.17) is 42.1 Å². The van der Waals surface area contributed by atoms with Crippen LogP contribution in [-0.2, 0) is 41.6 Å². The summed E-state index contributed by atoms with van der Waals surface area (Å²) in [7, 11) is 7.49. The van der Waals surface area contributed by atoms with Crippen LogP contribution in [0.1, 0.15) is 35.2 Å². The number of hydrogen-bond acceptors (Lipinski definition) is 12. The fourth-order valence-corrected chi connectivity index (χ4v) is 10.2. The molecule has 9 rings (SSSR count). The van der Waals surface area contributed by atoms with Gasteiger partial charge in [0.05, 0.1) is 74.1 Å². The van der Waals surface area contributed by atoms with Gasteiger partial charge in [0.15, 0.2) is 11.5 Å². The minimum atomic E-state index is -1.77. The largest absolute Gasteiger partial charge is 0.508 e. The number of rotatable bonds is 11. The molecule has 6 aromatic rings. The van der Waals surface area contributed by atoms with Crippen LogP contribution in [0.3, 0.4) is 0 Å². The number of amides is 2. The summed E-state index contributed by atoms with van der Waals surface area (Å²) in [5.74, 6) is -2.36. The van der Waals surface area contributed by atoms with Crippen molar-refractivity contribution in [2.24, 2.45) is 13.0 Å². The lowest BCUT2D eigenvalue weighted by Crippen LogP contribution is -2.53. The maximum atomic E-state index is 15.6. The number of phenolic OH excluding ortho intramolecular Hbond substituents is 1. The Morgan fingerprint density at radius 1 is 0.859 bits per heavy atom. The molecule has 3 aliphatic rings. The van der Waals surface area contributed by atoms with Crippen LogP contribution in [0, 0.1) is 5.92 Å². The van der Waals surface area contributed by atoms with Gasteiger partial charge in [-0.2, -0.15) is 5.01 Å². The molecule has 4 heterocycles. The Hall–Kier alpha value is -6.98. The lowest BCUT2D eigenvalue weighted by atomic mass is 9.53. The van der Waals surface area contributed by atoms with Gasteiger partial charge < -0.3 is 28.6 Å². The van der Waals surface area contributed by atoms with Crippen LogP contribution in [-0.4, -0.2) is 73.9 Å². The first-order chi connectivity index (χ1) is 30.8. The molecule has 4 atom stereocenters. The van der Waals surface area contributed by atoms with Gasteiger partial charge in [0.2, 0.25) is 0 Å². The SMILES string of the molecule is COc1ccc([C@@]23C(=O)N(Nc4ccc(Cl)cc4Cl)C(=O)[C@@H]2C[C@@H]2C(=CCn4c(=O)n(CCc5nc6cc(OC)c(OC)cc6n(C)c5=O)c(=O)n42)[C@@H]3c2c(O)cccc2OC)cc1. The van der Waals surface area contributed by atoms with Gasteiger partial charge in [-0.15, -0.1) is 0 Å². The number of benzene rings is 4. The Bertz CT molecular complexity index is 3140. The molecule has 1 saturated heterocycles. The van der Waals surface area contributed by atoms with Crippen molar-refractivity contribution >= 4 is 51.7 Å². The highest BCUT2D eigenvalue weighted by Crippen LogP contribution is 2.64. The van der Waals surface area contributed by atoms with E-state index in [2.05, 4.69) is 10.4 Å². The summed E-state index contributed by atoms with van der Waals surface area (Å²) in [5.41, 5.74) is 1.77. The van der Waals surface area contributed by atoms with Crippen LogP contribution >= 0.6 is 23.2 Å². The molecule has 2 amide bonds. The molecule has 1 aliphatic carbocycles. The molecular weight excluding hydrogens is 869 g/mol. The van der Waals surface area contributed by atoms with E-state index >= 15 is 9.59 Å². The minimum absolute atomic E-state index is 0.0805. The number of anilines is 1. The first kappa shape index (κ1) is 42.3. The molecule has 64 heavy (non-hydrogen) atoms. The first-order valence-corrected chi connectivity index (χ1v) is 20.9. The number of aromatic hydroxyl groups is 1. The Balaban J connectivity index is 1.20. The number of ether oxygens (including phenoxy) is 4. The number of fused-ring (bicyclic) bond motifs is 5. The number of hydrogen-bond donors (Lipinski definition) is 2. The summed E-state index contributed by atoms with van der Waals surface area (Å²) in [5, 5.41) is 13.2. The van der Waals surface area contributed by atoms with E-state index in [0.29, 0.717) is 44.4 Å². The Labute approximate surface area is 374 Å². The smallest absolute Gasteiger partial charge is 0.347 e. The van der Waals surface area contributed by atoms with E-state index in [1.807, 2.05) is 0 Å². The van der Waals surface area contributed by atoms with Gasteiger partial charge in [0.1, 0.15) is 22.9 Å². The molecule has 2 fully saturated rings. The Morgan fingerprint density at radius 2 is 1.58 bits per heavy atom. The normalized spacial score (nSPS) is 20.1. The molecule has 2 N–H and O–H groups in total. The monoisotopic (exact) mass is 909 g/mol. The van der Waals surface area contributed by atoms with Gasteiger partial charge in [-0.25, -0.2) is 28.5 Å². The Morgan fingerprint density at radius 3 is 2.27 bits per heavy atom. The van der Waals surface area contributed by atoms with Crippen LogP contribution in [0.5, 0.6) is 28.7 Å². The Kier molecular flexibility index (Phi) is 10.6. The topological polar surface area (TPSA) is 190 Å². The molecule has 1 saturated carbocycles. The van der Waals surface area contributed by atoms with Gasteiger partial charge >= 0.3 is 11.4 Å². The van der Waals surface area contributed by atoms with Crippen LogP contribution in [0.25, 0.3) is 11.0 Å². The van der Waals surface area contributed by atoms with E-state index in [1.54, 1.807) is 67.7 Å². The molecule has 0 bridgehead atoms. The van der Waals surface area contributed by atoms with E-state index in [0.717, 1.165) is 9.58 Å². The average Bonchev–Trinajstić information content (AvgIpc) is 3.67. The molecule has 330 valence electrons. The van der Waals surface area contributed by atoms with Crippen LogP contribution in [0.15, 0.2) is 98.8 Å². The van der Waals surface area contributed by atoms with E-state index < -0.39 is 52.0 Å². The number of aryl methyl sites for hydroxylation is 2. The number of nitrogens with zero attached hydrogens (tertiary/aromatic N) is 6. The van der Waals surface area contributed by atoms with Gasteiger partial charge in [-0.1, -0.05) is 47.5 Å². The molecular formula is C45H41Cl2N7O10. The molecule has 4 aromatic carbocycles. The highest BCUT2D eigenvalue weighted by molar-refractivity contribution is 6.36. The second kappa shape index (κ2) is 16.0. The summed E-state index contributed by atoms with van der Waals surface area (Å²) in [6.07, 6.45) is 1.56. The predicted molar refractivity (Wildman–Crippen MR) is 236 cm³/mol. The number of halogens is 2. The summed E-state index contributed by atoms with van der Waals surface area (Å²) >= 11 is 12.8. The second-order valence-corrected chi connectivity index (χ2v) is 16.5. The van der Waals surface area contributed by atoms with Crippen LogP contribution in [0.4, 0.5) is 5.69 Å². The highest BCUT2D eigenvalue weighted by Gasteiger charge is 2.69. The molecule has 0 unspecified atom stereocenters. The summed E-state index contributed by atoms with van der Waals surface area (Å²) in [4.78, 5) is 77.9. The molecule has 2 aliphatic heterocycles. The third-order valence-electron chi connectivity index (χ3n) is 12.7. The number of phenols is 1. The zero-order valence-electron chi connectivity index (χ0n) is 35.1. The van der Waals surface area contributed by atoms with Crippen molar-refractivity contribution in [3.63, 3.8) is 0 Å². The number of hydrazine groups is 1.